The smallest absolute Gasteiger partial charge is 0.264 e. The number of hydrogen-bond acceptors (Lipinski definition) is 4. The Morgan fingerprint density at radius 3 is 2.00 bits per heavy atom. The van der Waals surface area contributed by atoms with Gasteiger partial charge in [-0.3, -0.25) is 13.9 Å². The first-order valence-corrected chi connectivity index (χ1v) is 15.1. The van der Waals surface area contributed by atoms with Crippen LogP contribution >= 0.6 is 11.6 Å². The first-order valence-electron chi connectivity index (χ1n) is 13.3. The van der Waals surface area contributed by atoms with Gasteiger partial charge in [-0.15, -0.1) is 0 Å². The molecule has 2 amide bonds. The van der Waals surface area contributed by atoms with E-state index in [0.29, 0.717) is 22.8 Å². The molecule has 1 N–H and O–H groups in total. The van der Waals surface area contributed by atoms with Gasteiger partial charge in [-0.25, -0.2) is 8.42 Å². The van der Waals surface area contributed by atoms with Crippen LogP contribution in [0.15, 0.2) is 71.6 Å². The Labute approximate surface area is 243 Å². The van der Waals surface area contributed by atoms with Crippen molar-refractivity contribution < 1.29 is 18.0 Å². The molecular weight excluding hydrogens is 546 g/mol. The molecule has 1 atom stereocenters. The Bertz CT molecular complexity index is 1440. The molecule has 0 aliphatic heterocycles. The van der Waals surface area contributed by atoms with E-state index < -0.39 is 28.5 Å². The molecule has 7 nitrogen and oxygen atoms in total. The Morgan fingerprint density at radius 2 is 1.45 bits per heavy atom. The van der Waals surface area contributed by atoms with Crippen LogP contribution in [0.4, 0.5) is 5.69 Å². The monoisotopic (exact) mass is 583 g/mol. The lowest BCUT2D eigenvalue weighted by molar-refractivity contribution is -0.139. The number of aryl methyl sites for hydroxylation is 3. The van der Waals surface area contributed by atoms with Gasteiger partial charge in [0.25, 0.3) is 10.0 Å². The van der Waals surface area contributed by atoms with Crippen LogP contribution in [0.1, 0.15) is 43.0 Å². The van der Waals surface area contributed by atoms with Gasteiger partial charge in [-0.2, -0.15) is 0 Å². The number of anilines is 1. The van der Waals surface area contributed by atoms with Crippen molar-refractivity contribution in [1.82, 2.24) is 10.2 Å². The second kappa shape index (κ2) is 13.3. The summed E-state index contributed by atoms with van der Waals surface area (Å²) in [6.45, 7) is 11.3. The molecule has 3 rings (SSSR count). The second-order valence-electron chi connectivity index (χ2n) is 10.6. The third-order valence-corrected chi connectivity index (χ3v) is 8.65. The maximum absolute atomic E-state index is 14.0. The van der Waals surface area contributed by atoms with Crippen molar-refractivity contribution in [1.29, 1.82) is 0 Å². The molecule has 0 unspecified atom stereocenters. The summed E-state index contributed by atoms with van der Waals surface area (Å²) >= 11 is 6.17. The van der Waals surface area contributed by atoms with Crippen LogP contribution in [0, 0.1) is 26.7 Å². The third kappa shape index (κ3) is 7.86. The summed E-state index contributed by atoms with van der Waals surface area (Å²) in [5.41, 5.74) is 3.75. The molecule has 0 aromatic heterocycles. The Morgan fingerprint density at radius 1 is 0.875 bits per heavy atom. The van der Waals surface area contributed by atoms with Gasteiger partial charge in [0.1, 0.15) is 12.6 Å². The molecular formula is C31H38ClN3O4S. The van der Waals surface area contributed by atoms with E-state index in [-0.39, 0.29) is 23.3 Å². The molecule has 0 heterocycles. The highest BCUT2D eigenvalue weighted by Crippen LogP contribution is 2.29. The molecule has 0 radical (unpaired) electrons. The van der Waals surface area contributed by atoms with Gasteiger partial charge in [0.2, 0.25) is 11.8 Å². The lowest BCUT2D eigenvalue weighted by atomic mass is 10.1. The van der Waals surface area contributed by atoms with Crippen LogP contribution in [0.25, 0.3) is 0 Å². The predicted octanol–water partition coefficient (Wildman–Crippen LogP) is 5.65. The van der Waals surface area contributed by atoms with Gasteiger partial charge in [0, 0.05) is 18.1 Å². The predicted molar refractivity (Wildman–Crippen MR) is 161 cm³/mol. The molecule has 0 saturated carbocycles. The van der Waals surface area contributed by atoms with Crippen LogP contribution in [-0.2, 0) is 26.2 Å². The quantitative estimate of drug-likeness (QED) is 0.316. The summed E-state index contributed by atoms with van der Waals surface area (Å²) in [5, 5.41) is 3.35. The zero-order valence-corrected chi connectivity index (χ0v) is 25.5. The minimum absolute atomic E-state index is 0.0630. The van der Waals surface area contributed by atoms with E-state index in [4.69, 9.17) is 11.6 Å². The normalized spacial score (nSPS) is 12.2. The summed E-state index contributed by atoms with van der Waals surface area (Å²) < 4.78 is 29.0. The number of amides is 2. The van der Waals surface area contributed by atoms with Crippen molar-refractivity contribution in [3.05, 3.63) is 94.0 Å². The van der Waals surface area contributed by atoms with E-state index in [2.05, 4.69) is 5.32 Å². The van der Waals surface area contributed by atoms with Crippen LogP contribution in [0.2, 0.25) is 5.02 Å². The summed E-state index contributed by atoms with van der Waals surface area (Å²) in [7, 11) is -4.14. The number of sulfonamides is 1. The van der Waals surface area contributed by atoms with Gasteiger partial charge >= 0.3 is 0 Å². The number of carbonyl (C=O) groups excluding carboxylic acids is 2. The number of halogens is 1. The number of rotatable bonds is 11. The van der Waals surface area contributed by atoms with E-state index in [1.54, 1.807) is 44.2 Å². The first-order chi connectivity index (χ1) is 18.8. The Hall–Kier alpha value is -3.36. The highest BCUT2D eigenvalue weighted by atomic mass is 35.5. The fourth-order valence-electron chi connectivity index (χ4n) is 4.17. The van der Waals surface area contributed by atoms with Gasteiger partial charge < -0.3 is 10.2 Å². The summed E-state index contributed by atoms with van der Waals surface area (Å²) in [4.78, 5) is 28.6. The van der Waals surface area contributed by atoms with Crippen molar-refractivity contribution in [2.75, 3.05) is 17.4 Å². The summed E-state index contributed by atoms with van der Waals surface area (Å²) in [5.74, 6) is -0.567. The fourth-order valence-corrected chi connectivity index (χ4v) is 5.88. The largest absolute Gasteiger partial charge is 0.354 e. The molecule has 0 bridgehead atoms. The molecule has 3 aromatic carbocycles. The van der Waals surface area contributed by atoms with E-state index in [0.717, 1.165) is 21.0 Å². The van der Waals surface area contributed by atoms with Crippen molar-refractivity contribution in [2.45, 2.75) is 59.0 Å². The summed E-state index contributed by atoms with van der Waals surface area (Å²) in [6, 6.07) is 18.2. The third-order valence-electron chi connectivity index (χ3n) is 6.64. The van der Waals surface area contributed by atoms with Crippen LogP contribution in [0.5, 0.6) is 0 Å². The average Bonchev–Trinajstić information content (AvgIpc) is 2.90. The number of hydrogen-bond donors (Lipinski definition) is 1. The molecule has 0 aliphatic carbocycles. The molecule has 0 fully saturated rings. The number of carbonyl (C=O) groups is 2. The highest BCUT2D eigenvalue weighted by Gasteiger charge is 2.33. The van der Waals surface area contributed by atoms with E-state index in [9.17, 15) is 18.0 Å². The zero-order chi connectivity index (χ0) is 29.6. The first kappa shape index (κ1) is 31.2. The van der Waals surface area contributed by atoms with Crippen LogP contribution in [0.3, 0.4) is 0 Å². The molecule has 3 aromatic rings. The van der Waals surface area contributed by atoms with Gasteiger partial charge in [-0.05, 0) is 75.1 Å². The molecule has 9 heteroatoms. The number of nitrogens with zero attached hydrogens (tertiary/aromatic N) is 2. The molecule has 214 valence electrons. The van der Waals surface area contributed by atoms with Crippen molar-refractivity contribution in [3.8, 4) is 0 Å². The minimum Gasteiger partial charge on any atom is -0.354 e. The van der Waals surface area contributed by atoms with Gasteiger partial charge in [0.15, 0.2) is 0 Å². The van der Waals surface area contributed by atoms with E-state index >= 15 is 0 Å². The van der Waals surface area contributed by atoms with Crippen molar-refractivity contribution in [3.63, 3.8) is 0 Å². The van der Waals surface area contributed by atoms with E-state index in [1.807, 2.05) is 52.0 Å². The average molecular weight is 584 g/mol. The minimum atomic E-state index is -4.14. The topological polar surface area (TPSA) is 86.8 Å². The zero-order valence-electron chi connectivity index (χ0n) is 23.9. The number of benzene rings is 3. The van der Waals surface area contributed by atoms with Crippen molar-refractivity contribution >= 4 is 39.1 Å². The maximum atomic E-state index is 14.0. The Kier molecular flexibility index (Phi) is 10.4. The van der Waals surface area contributed by atoms with Crippen LogP contribution in [-0.4, -0.2) is 44.3 Å². The molecule has 0 aliphatic rings. The highest BCUT2D eigenvalue weighted by molar-refractivity contribution is 7.92. The van der Waals surface area contributed by atoms with Gasteiger partial charge in [-0.1, -0.05) is 73.0 Å². The SMILES string of the molecule is Cc1ccc(CN(C(=O)CN(c2ccc(Cl)cc2C)S(=O)(=O)c2ccc(C)cc2)[C@@H](C)C(=O)NCC(C)C)cc1. The number of nitrogens with one attached hydrogen (secondary N) is 1. The standard InChI is InChI=1S/C31H38ClN3O4S/c1-21(2)18-33-31(37)25(6)34(19-26-11-7-22(3)8-12-26)30(36)20-35(29-16-13-27(32)17-24(29)5)40(38,39)28-14-9-23(4)10-15-28/h7-17,21,25H,18-20H2,1-6H3,(H,33,37)/t25-/m0/s1. The molecule has 0 spiro atoms. The van der Waals surface area contributed by atoms with E-state index in [1.165, 1.54) is 17.0 Å². The summed E-state index contributed by atoms with van der Waals surface area (Å²) in [6.07, 6.45) is 0. The second-order valence-corrected chi connectivity index (χ2v) is 12.9. The lowest BCUT2D eigenvalue weighted by Crippen LogP contribution is -2.51. The van der Waals surface area contributed by atoms with Gasteiger partial charge in [0.05, 0.1) is 10.6 Å². The maximum Gasteiger partial charge on any atom is 0.264 e. The Balaban J connectivity index is 2.04. The fraction of sp³-hybridized carbons (Fsp3) is 0.355. The lowest BCUT2D eigenvalue weighted by Gasteiger charge is -2.32. The van der Waals surface area contributed by atoms with Crippen molar-refractivity contribution in [2.24, 2.45) is 5.92 Å². The van der Waals surface area contributed by atoms with Crippen LogP contribution < -0.4 is 9.62 Å². The molecule has 40 heavy (non-hydrogen) atoms. The molecule has 0 saturated heterocycles.